The summed E-state index contributed by atoms with van der Waals surface area (Å²) in [5.74, 6) is 2.44. The molecule has 0 fully saturated rings. The molecule has 0 aliphatic heterocycles. The topological polar surface area (TPSA) is 56.3 Å². The first kappa shape index (κ1) is 13.7. The third kappa shape index (κ3) is 4.99. The second kappa shape index (κ2) is 7.06. The fraction of sp³-hybridized carbons (Fsp3) is 0.667. The lowest BCUT2D eigenvalue weighted by Gasteiger charge is -2.10. The summed E-state index contributed by atoms with van der Waals surface area (Å²) in [6.45, 7) is 7.84. The number of rotatable bonds is 7. The molecule has 96 valence electrons. The molecule has 17 heavy (non-hydrogen) atoms. The number of ether oxygens (including phenoxy) is 2. The molecular formula is C12H21N3O2. The van der Waals surface area contributed by atoms with Crippen molar-refractivity contribution in [1.82, 2.24) is 9.97 Å². The van der Waals surface area contributed by atoms with Crippen LogP contribution in [0.25, 0.3) is 0 Å². The predicted octanol–water partition coefficient (Wildman–Crippen LogP) is 2.09. The van der Waals surface area contributed by atoms with E-state index in [1.807, 2.05) is 14.0 Å². The van der Waals surface area contributed by atoms with Gasteiger partial charge in [0.15, 0.2) is 5.82 Å². The van der Waals surface area contributed by atoms with Crippen LogP contribution in [0.3, 0.4) is 0 Å². The molecule has 0 spiro atoms. The number of nitrogens with zero attached hydrogens (tertiary/aromatic N) is 2. The van der Waals surface area contributed by atoms with Gasteiger partial charge in [-0.15, -0.1) is 0 Å². The highest BCUT2D eigenvalue weighted by atomic mass is 16.5. The third-order valence-electron chi connectivity index (χ3n) is 2.00. The van der Waals surface area contributed by atoms with Gasteiger partial charge < -0.3 is 14.8 Å². The summed E-state index contributed by atoms with van der Waals surface area (Å²) in [7, 11) is 1.82. The van der Waals surface area contributed by atoms with Crippen LogP contribution < -0.4 is 10.1 Å². The Bertz CT molecular complexity index is 343. The maximum Gasteiger partial charge on any atom is 0.218 e. The quantitative estimate of drug-likeness (QED) is 0.789. The van der Waals surface area contributed by atoms with Crippen LogP contribution in [0.5, 0.6) is 5.88 Å². The molecule has 5 heteroatoms. The Kier molecular flexibility index (Phi) is 5.69. The fourth-order valence-corrected chi connectivity index (χ4v) is 1.18. The minimum atomic E-state index is 0.407. The van der Waals surface area contributed by atoms with Crippen molar-refractivity contribution in [1.29, 1.82) is 0 Å². The van der Waals surface area contributed by atoms with Gasteiger partial charge in [0.1, 0.15) is 12.4 Å². The van der Waals surface area contributed by atoms with Gasteiger partial charge in [-0.2, -0.15) is 4.98 Å². The third-order valence-corrected chi connectivity index (χ3v) is 2.00. The van der Waals surface area contributed by atoms with Crippen molar-refractivity contribution < 1.29 is 9.47 Å². The lowest BCUT2D eigenvalue weighted by molar-refractivity contribution is 0.127. The first-order valence-corrected chi connectivity index (χ1v) is 5.92. The second-order valence-electron chi connectivity index (χ2n) is 4.10. The molecule has 5 nitrogen and oxygen atoms in total. The molecule has 0 unspecified atom stereocenters. The van der Waals surface area contributed by atoms with Crippen LogP contribution in [-0.2, 0) is 11.3 Å². The van der Waals surface area contributed by atoms with E-state index in [9.17, 15) is 0 Å². The van der Waals surface area contributed by atoms with Crippen molar-refractivity contribution in [2.75, 3.05) is 25.6 Å². The van der Waals surface area contributed by atoms with Crippen LogP contribution in [-0.4, -0.2) is 30.2 Å². The number of nitrogens with one attached hydrogen (secondary N) is 1. The SMILES string of the molecule is CCOCc1nc(NC)cc(OCC(C)C)n1. The fourth-order valence-electron chi connectivity index (χ4n) is 1.18. The van der Waals surface area contributed by atoms with Crippen molar-refractivity contribution >= 4 is 5.82 Å². The largest absolute Gasteiger partial charge is 0.477 e. The Morgan fingerprint density at radius 1 is 1.35 bits per heavy atom. The molecule has 0 saturated heterocycles. The molecule has 0 radical (unpaired) electrons. The molecule has 1 N–H and O–H groups in total. The zero-order valence-corrected chi connectivity index (χ0v) is 11.0. The molecular weight excluding hydrogens is 218 g/mol. The lowest BCUT2D eigenvalue weighted by Crippen LogP contribution is -2.09. The maximum absolute atomic E-state index is 5.58. The van der Waals surface area contributed by atoms with Crippen molar-refractivity contribution in [3.63, 3.8) is 0 Å². The van der Waals surface area contributed by atoms with E-state index in [0.29, 0.717) is 37.4 Å². The van der Waals surface area contributed by atoms with Gasteiger partial charge in [0.05, 0.1) is 6.61 Å². The average Bonchev–Trinajstić information content (AvgIpc) is 2.33. The van der Waals surface area contributed by atoms with Gasteiger partial charge in [-0.25, -0.2) is 4.98 Å². The summed E-state index contributed by atoms with van der Waals surface area (Å²) >= 11 is 0. The summed E-state index contributed by atoms with van der Waals surface area (Å²) in [4.78, 5) is 8.58. The molecule has 0 bridgehead atoms. The highest BCUT2D eigenvalue weighted by molar-refractivity contribution is 5.37. The molecule has 1 aromatic rings. The van der Waals surface area contributed by atoms with Crippen LogP contribution in [0.1, 0.15) is 26.6 Å². The van der Waals surface area contributed by atoms with Crippen molar-refractivity contribution in [2.45, 2.75) is 27.4 Å². The molecule has 1 heterocycles. The summed E-state index contributed by atoms with van der Waals surface area (Å²) in [6.07, 6.45) is 0. The van der Waals surface area contributed by atoms with Crippen LogP contribution in [0.15, 0.2) is 6.07 Å². The smallest absolute Gasteiger partial charge is 0.218 e. The Hall–Kier alpha value is -1.36. The summed E-state index contributed by atoms with van der Waals surface area (Å²) in [5, 5.41) is 2.99. The first-order chi connectivity index (χ1) is 8.15. The molecule has 0 aliphatic carbocycles. The second-order valence-corrected chi connectivity index (χ2v) is 4.10. The predicted molar refractivity (Wildman–Crippen MR) is 67.2 cm³/mol. The zero-order valence-electron chi connectivity index (χ0n) is 11.0. The summed E-state index contributed by atoms with van der Waals surface area (Å²) in [6, 6.07) is 1.79. The summed E-state index contributed by atoms with van der Waals surface area (Å²) < 4.78 is 10.9. The van der Waals surface area contributed by atoms with E-state index in [1.54, 1.807) is 6.07 Å². The molecule has 0 atom stereocenters. The van der Waals surface area contributed by atoms with Gasteiger partial charge in [-0.1, -0.05) is 13.8 Å². The van der Waals surface area contributed by atoms with Crippen molar-refractivity contribution in [3.8, 4) is 5.88 Å². The van der Waals surface area contributed by atoms with Gasteiger partial charge >= 0.3 is 0 Å². The average molecular weight is 239 g/mol. The van der Waals surface area contributed by atoms with E-state index in [1.165, 1.54) is 0 Å². The van der Waals surface area contributed by atoms with Crippen LogP contribution in [0.4, 0.5) is 5.82 Å². The molecule has 0 saturated carbocycles. The molecule has 0 aromatic carbocycles. The van der Waals surface area contributed by atoms with E-state index in [4.69, 9.17) is 9.47 Å². The Morgan fingerprint density at radius 2 is 2.12 bits per heavy atom. The molecule has 1 rings (SSSR count). The number of hydrogen-bond acceptors (Lipinski definition) is 5. The van der Waals surface area contributed by atoms with Crippen LogP contribution >= 0.6 is 0 Å². The van der Waals surface area contributed by atoms with Gasteiger partial charge in [0, 0.05) is 19.7 Å². The zero-order chi connectivity index (χ0) is 12.7. The minimum absolute atomic E-state index is 0.407. The van der Waals surface area contributed by atoms with Crippen molar-refractivity contribution in [2.24, 2.45) is 5.92 Å². The highest BCUT2D eigenvalue weighted by Crippen LogP contribution is 2.14. The van der Waals surface area contributed by atoms with E-state index in [-0.39, 0.29) is 0 Å². The van der Waals surface area contributed by atoms with Crippen LogP contribution in [0, 0.1) is 5.92 Å². The number of anilines is 1. The molecule has 0 amide bonds. The van der Waals surface area contributed by atoms with Gasteiger partial charge in [0.25, 0.3) is 0 Å². The molecule has 0 aliphatic rings. The summed E-state index contributed by atoms with van der Waals surface area (Å²) in [5.41, 5.74) is 0. The van der Waals surface area contributed by atoms with Gasteiger partial charge in [-0.05, 0) is 12.8 Å². The van der Waals surface area contributed by atoms with Gasteiger partial charge in [0.2, 0.25) is 5.88 Å². The number of hydrogen-bond donors (Lipinski definition) is 1. The highest BCUT2D eigenvalue weighted by Gasteiger charge is 2.05. The standard InChI is InChI=1S/C12H21N3O2/c1-5-16-8-11-14-10(13-4)6-12(15-11)17-7-9(2)3/h6,9H,5,7-8H2,1-4H3,(H,13,14,15). The first-order valence-electron chi connectivity index (χ1n) is 5.92. The molecule has 1 aromatic heterocycles. The van der Waals surface area contributed by atoms with E-state index < -0.39 is 0 Å². The maximum atomic E-state index is 5.58. The van der Waals surface area contributed by atoms with E-state index in [0.717, 1.165) is 5.82 Å². The van der Waals surface area contributed by atoms with E-state index >= 15 is 0 Å². The number of aromatic nitrogens is 2. The lowest BCUT2D eigenvalue weighted by atomic mass is 10.2. The van der Waals surface area contributed by atoms with Crippen molar-refractivity contribution in [3.05, 3.63) is 11.9 Å². The van der Waals surface area contributed by atoms with Crippen LogP contribution in [0.2, 0.25) is 0 Å². The van der Waals surface area contributed by atoms with Gasteiger partial charge in [-0.3, -0.25) is 0 Å². The normalized spacial score (nSPS) is 10.6. The van der Waals surface area contributed by atoms with E-state index in [2.05, 4.69) is 29.1 Å². The Labute approximate surface area is 103 Å². The Balaban J connectivity index is 2.73. The minimum Gasteiger partial charge on any atom is -0.477 e. The Morgan fingerprint density at radius 3 is 2.71 bits per heavy atom. The monoisotopic (exact) mass is 239 g/mol.